The lowest BCUT2D eigenvalue weighted by molar-refractivity contribution is 0.195. The van der Waals surface area contributed by atoms with Gasteiger partial charge in [-0.2, -0.15) is 5.10 Å². The molecule has 23 heavy (non-hydrogen) atoms. The average Bonchev–Trinajstić information content (AvgIpc) is 3.02. The second kappa shape index (κ2) is 6.64. The molecule has 1 aliphatic rings. The molecule has 1 saturated heterocycles. The fraction of sp³-hybridized carbons (Fsp3) is 0.467. The third-order valence-electron chi connectivity index (χ3n) is 3.84. The lowest BCUT2D eigenvalue weighted by Crippen LogP contribution is -2.52. The van der Waals surface area contributed by atoms with Crippen LogP contribution in [-0.4, -0.2) is 63.4 Å². The number of amides is 2. The fourth-order valence-corrected chi connectivity index (χ4v) is 2.66. The maximum absolute atomic E-state index is 11.9. The van der Waals surface area contributed by atoms with E-state index in [0.717, 1.165) is 30.2 Å². The van der Waals surface area contributed by atoms with Crippen LogP contribution in [-0.2, 0) is 0 Å². The highest BCUT2D eigenvalue weighted by atomic mass is 16.2. The second-order valence-electron chi connectivity index (χ2n) is 5.50. The molecule has 8 heteroatoms. The van der Waals surface area contributed by atoms with Gasteiger partial charge in [-0.05, 0) is 19.4 Å². The molecule has 0 bridgehead atoms. The number of carbonyl (C=O) groups is 1. The summed E-state index contributed by atoms with van der Waals surface area (Å²) in [6.45, 7) is 7.42. The molecule has 8 nitrogen and oxygen atoms in total. The first-order valence-electron chi connectivity index (χ1n) is 7.78. The van der Waals surface area contributed by atoms with Crippen molar-refractivity contribution in [1.82, 2.24) is 30.0 Å². The number of aromatic nitrogens is 4. The average molecular weight is 315 g/mol. The van der Waals surface area contributed by atoms with Crippen LogP contribution < -0.4 is 10.2 Å². The minimum absolute atomic E-state index is 0.000568. The van der Waals surface area contributed by atoms with Crippen LogP contribution in [0.25, 0.3) is 5.82 Å². The third kappa shape index (κ3) is 3.25. The molecule has 1 aliphatic heterocycles. The van der Waals surface area contributed by atoms with Crippen LogP contribution in [0, 0.1) is 6.92 Å². The van der Waals surface area contributed by atoms with Crippen molar-refractivity contribution in [1.29, 1.82) is 0 Å². The minimum Gasteiger partial charge on any atom is -0.364 e. The number of nitrogens with zero attached hydrogens (tertiary/aromatic N) is 6. The van der Waals surface area contributed by atoms with Crippen molar-refractivity contribution in [3.8, 4) is 5.82 Å². The predicted molar refractivity (Wildman–Crippen MR) is 86.7 cm³/mol. The van der Waals surface area contributed by atoms with Crippen molar-refractivity contribution in [3.05, 3.63) is 30.5 Å². The molecule has 0 radical (unpaired) electrons. The number of nitrogens with one attached hydrogen (secondary N) is 1. The Balaban J connectivity index is 1.75. The van der Waals surface area contributed by atoms with Gasteiger partial charge >= 0.3 is 6.03 Å². The predicted octanol–water partition coefficient (Wildman–Crippen LogP) is 0.822. The zero-order chi connectivity index (χ0) is 16.2. The first kappa shape index (κ1) is 15.3. The van der Waals surface area contributed by atoms with Crippen molar-refractivity contribution < 1.29 is 4.79 Å². The second-order valence-corrected chi connectivity index (χ2v) is 5.50. The first-order chi connectivity index (χ1) is 11.2. The van der Waals surface area contributed by atoms with Gasteiger partial charge in [0.15, 0.2) is 5.82 Å². The highest BCUT2D eigenvalue weighted by molar-refractivity contribution is 5.74. The van der Waals surface area contributed by atoms with E-state index in [1.807, 2.05) is 24.9 Å². The van der Waals surface area contributed by atoms with E-state index in [2.05, 4.69) is 25.3 Å². The number of piperazine rings is 1. The molecule has 0 saturated carbocycles. The standard InChI is InChI=1S/C15H21N7O/c1-3-17-15(23)21-6-4-20(5-7-21)13-9-16-11-18-14(13)22-10-12(2)8-19-22/h8-11H,3-7H2,1-2H3,(H,17,23). The van der Waals surface area contributed by atoms with E-state index in [1.165, 1.54) is 6.33 Å². The molecular formula is C15H21N7O. The van der Waals surface area contributed by atoms with E-state index in [0.29, 0.717) is 19.6 Å². The highest BCUT2D eigenvalue weighted by Gasteiger charge is 2.23. The van der Waals surface area contributed by atoms with Gasteiger partial charge in [-0.3, -0.25) is 0 Å². The number of rotatable bonds is 3. The fourth-order valence-electron chi connectivity index (χ4n) is 2.66. The number of urea groups is 1. The van der Waals surface area contributed by atoms with Gasteiger partial charge in [0.1, 0.15) is 12.0 Å². The molecule has 1 N–H and O–H groups in total. The number of hydrogen-bond donors (Lipinski definition) is 1. The van der Waals surface area contributed by atoms with E-state index < -0.39 is 0 Å². The van der Waals surface area contributed by atoms with Crippen LogP contribution in [0.5, 0.6) is 0 Å². The van der Waals surface area contributed by atoms with Crippen molar-refractivity contribution in [2.45, 2.75) is 13.8 Å². The van der Waals surface area contributed by atoms with E-state index in [9.17, 15) is 4.79 Å². The van der Waals surface area contributed by atoms with Gasteiger partial charge < -0.3 is 15.1 Å². The van der Waals surface area contributed by atoms with Crippen LogP contribution >= 0.6 is 0 Å². The SMILES string of the molecule is CCNC(=O)N1CCN(c2cncnc2-n2cc(C)cn2)CC1. The minimum atomic E-state index is -0.000568. The highest BCUT2D eigenvalue weighted by Crippen LogP contribution is 2.22. The summed E-state index contributed by atoms with van der Waals surface area (Å²) in [5.41, 5.74) is 2.02. The summed E-state index contributed by atoms with van der Waals surface area (Å²) in [5, 5.41) is 7.17. The Bertz CT molecular complexity index is 676. The summed E-state index contributed by atoms with van der Waals surface area (Å²) in [6.07, 6.45) is 7.08. The lowest BCUT2D eigenvalue weighted by Gasteiger charge is -2.36. The molecule has 1 fully saturated rings. The molecule has 0 aromatic carbocycles. The molecular weight excluding hydrogens is 294 g/mol. The molecule has 2 amide bonds. The van der Waals surface area contributed by atoms with Crippen LogP contribution in [0.1, 0.15) is 12.5 Å². The molecule has 2 aromatic heterocycles. The Hall–Kier alpha value is -2.64. The van der Waals surface area contributed by atoms with Crippen molar-refractivity contribution in [3.63, 3.8) is 0 Å². The van der Waals surface area contributed by atoms with Gasteiger partial charge in [-0.1, -0.05) is 0 Å². The summed E-state index contributed by atoms with van der Waals surface area (Å²) in [6, 6.07) is -0.000568. The summed E-state index contributed by atoms with van der Waals surface area (Å²) in [7, 11) is 0. The molecule has 0 aliphatic carbocycles. The summed E-state index contributed by atoms with van der Waals surface area (Å²) < 4.78 is 1.77. The van der Waals surface area contributed by atoms with Crippen LogP contribution in [0.3, 0.4) is 0 Å². The monoisotopic (exact) mass is 315 g/mol. The van der Waals surface area contributed by atoms with Crippen LogP contribution in [0.2, 0.25) is 0 Å². The van der Waals surface area contributed by atoms with E-state index in [4.69, 9.17) is 0 Å². The zero-order valence-electron chi connectivity index (χ0n) is 13.4. The van der Waals surface area contributed by atoms with Gasteiger partial charge in [0.2, 0.25) is 0 Å². The van der Waals surface area contributed by atoms with Crippen molar-refractivity contribution >= 4 is 11.7 Å². The number of anilines is 1. The topological polar surface area (TPSA) is 79.2 Å². The van der Waals surface area contributed by atoms with Gasteiger partial charge in [0, 0.05) is 38.9 Å². The quantitative estimate of drug-likeness (QED) is 0.907. The Kier molecular flexibility index (Phi) is 4.40. The molecule has 0 spiro atoms. The first-order valence-corrected chi connectivity index (χ1v) is 7.78. The smallest absolute Gasteiger partial charge is 0.317 e. The van der Waals surface area contributed by atoms with Crippen LogP contribution in [0.4, 0.5) is 10.5 Å². The molecule has 0 unspecified atom stereocenters. The molecule has 3 heterocycles. The Labute approximate surface area is 135 Å². The maximum atomic E-state index is 11.9. The van der Waals surface area contributed by atoms with Crippen LogP contribution in [0.15, 0.2) is 24.9 Å². The van der Waals surface area contributed by atoms with E-state index in [-0.39, 0.29) is 6.03 Å². The summed E-state index contributed by atoms with van der Waals surface area (Å²) >= 11 is 0. The number of hydrogen-bond acceptors (Lipinski definition) is 5. The largest absolute Gasteiger partial charge is 0.364 e. The van der Waals surface area contributed by atoms with E-state index in [1.54, 1.807) is 17.1 Å². The zero-order valence-corrected chi connectivity index (χ0v) is 13.4. The molecule has 122 valence electrons. The molecule has 0 atom stereocenters. The number of carbonyl (C=O) groups excluding carboxylic acids is 1. The van der Waals surface area contributed by atoms with Crippen molar-refractivity contribution in [2.24, 2.45) is 0 Å². The van der Waals surface area contributed by atoms with Gasteiger partial charge in [0.05, 0.1) is 12.4 Å². The third-order valence-corrected chi connectivity index (χ3v) is 3.84. The Morgan fingerprint density at radius 2 is 2.04 bits per heavy atom. The summed E-state index contributed by atoms with van der Waals surface area (Å²) in [4.78, 5) is 24.4. The lowest BCUT2D eigenvalue weighted by atomic mass is 10.3. The van der Waals surface area contributed by atoms with Crippen molar-refractivity contribution in [2.75, 3.05) is 37.6 Å². The van der Waals surface area contributed by atoms with Gasteiger partial charge in [-0.25, -0.2) is 19.4 Å². The normalized spacial score (nSPS) is 14.9. The number of aryl methyl sites for hydroxylation is 1. The Morgan fingerprint density at radius 1 is 1.26 bits per heavy atom. The summed E-state index contributed by atoms with van der Waals surface area (Å²) in [5.74, 6) is 0.763. The van der Waals surface area contributed by atoms with E-state index >= 15 is 0 Å². The van der Waals surface area contributed by atoms with Gasteiger partial charge in [0.25, 0.3) is 0 Å². The molecule has 2 aromatic rings. The molecule has 3 rings (SSSR count). The Morgan fingerprint density at radius 3 is 2.70 bits per heavy atom. The maximum Gasteiger partial charge on any atom is 0.317 e. The van der Waals surface area contributed by atoms with Gasteiger partial charge in [-0.15, -0.1) is 0 Å².